The van der Waals surface area contributed by atoms with Gasteiger partial charge in [0.2, 0.25) is 17.7 Å². The molecule has 1 atom stereocenters. The fourth-order valence-corrected chi connectivity index (χ4v) is 10.7. The molecule has 9 rings (SSSR count). The summed E-state index contributed by atoms with van der Waals surface area (Å²) in [4.78, 5) is 103. The minimum Gasteiger partial charge on any atom is -0.382 e. The molecule has 1 unspecified atom stereocenters. The number of benzene rings is 2. The Bertz CT molecular complexity index is 3410. The maximum Gasteiger partial charge on any atom is 0.264 e. The van der Waals surface area contributed by atoms with E-state index in [1.54, 1.807) is 29.1 Å². The first-order valence-electron chi connectivity index (χ1n) is 29.6. The summed E-state index contributed by atoms with van der Waals surface area (Å²) >= 11 is 0. The second kappa shape index (κ2) is 30.2. The van der Waals surface area contributed by atoms with Crippen LogP contribution in [0.3, 0.4) is 0 Å². The van der Waals surface area contributed by atoms with E-state index in [-0.39, 0.29) is 53.9 Å². The largest absolute Gasteiger partial charge is 0.382 e. The molecule has 2 fully saturated rings. The summed E-state index contributed by atoms with van der Waals surface area (Å²) < 4.78 is 31.8. The Balaban J connectivity index is 0.568. The maximum absolute atomic E-state index is 13.8. The number of nitrogens with one attached hydrogen (secondary N) is 4. The van der Waals surface area contributed by atoms with Crippen LogP contribution in [0.4, 0.5) is 11.5 Å². The van der Waals surface area contributed by atoms with E-state index < -0.39 is 29.7 Å². The summed E-state index contributed by atoms with van der Waals surface area (Å²) in [5, 5.41) is 22.2. The monoisotopic (exact) mass is 1180 g/mol. The molecule has 0 saturated carbocycles. The van der Waals surface area contributed by atoms with Gasteiger partial charge in [-0.05, 0) is 107 Å². The van der Waals surface area contributed by atoms with Gasteiger partial charge >= 0.3 is 0 Å². The number of aromatic amines is 1. The van der Waals surface area contributed by atoms with E-state index in [9.17, 15) is 33.6 Å². The zero-order valence-electron chi connectivity index (χ0n) is 49.4. The number of piperidine rings is 1. The number of carbonyl (C=O) groups is 6. The number of pyridine rings is 2. The summed E-state index contributed by atoms with van der Waals surface area (Å²) in [5.41, 5.74) is 6.64. The van der Waals surface area contributed by atoms with Crippen molar-refractivity contribution in [2.75, 3.05) is 109 Å². The molecule has 0 radical (unpaired) electrons. The second-order valence-electron chi connectivity index (χ2n) is 21.7. The Kier molecular flexibility index (Phi) is 21.9. The zero-order chi connectivity index (χ0) is 60.5. The van der Waals surface area contributed by atoms with Crippen molar-refractivity contribution in [3.63, 3.8) is 0 Å². The Morgan fingerprint density at radius 2 is 1.50 bits per heavy atom. The Hall–Kier alpha value is -8.23. The third kappa shape index (κ3) is 16.0. The number of hydrogen-bond donors (Lipinski definition) is 4. The Labute approximate surface area is 498 Å². The highest BCUT2D eigenvalue weighted by atomic mass is 16.6. The van der Waals surface area contributed by atoms with Crippen LogP contribution in [-0.4, -0.2) is 185 Å². The third-order valence-corrected chi connectivity index (χ3v) is 15.3. The van der Waals surface area contributed by atoms with Crippen molar-refractivity contribution in [1.82, 2.24) is 55.2 Å². The van der Waals surface area contributed by atoms with Crippen molar-refractivity contribution in [1.29, 1.82) is 0 Å². The molecule has 3 aliphatic rings. The van der Waals surface area contributed by atoms with Gasteiger partial charge in [0, 0.05) is 98.4 Å². The molecule has 2 saturated heterocycles. The molecule has 0 bridgehead atoms. The van der Waals surface area contributed by atoms with Gasteiger partial charge < -0.3 is 49.1 Å². The number of aryl methyl sites for hydroxylation is 3. The maximum atomic E-state index is 13.8. The molecule has 86 heavy (non-hydrogen) atoms. The molecule has 25 nitrogen and oxygen atoms in total. The van der Waals surface area contributed by atoms with E-state index in [1.807, 2.05) is 80.0 Å². The van der Waals surface area contributed by atoms with Crippen molar-refractivity contribution in [2.45, 2.75) is 97.8 Å². The van der Waals surface area contributed by atoms with Crippen LogP contribution < -0.4 is 26.4 Å². The number of rotatable bonds is 32. The average Bonchev–Trinajstić information content (AvgIpc) is 1.83. The lowest BCUT2D eigenvalue weighted by Gasteiger charge is -2.35. The van der Waals surface area contributed by atoms with Gasteiger partial charge in [-0.1, -0.05) is 17.7 Å². The predicted octanol–water partition coefficient (Wildman–Crippen LogP) is 4.55. The number of H-pyrrole nitrogens is 1. The molecule has 7 heterocycles. The number of anilines is 2. The molecule has 4 N–H and O–H groups in total. The summed E-state index contributed by atoms with van der Waals surface area (Å²) in [6.45, 7) is 15.5. The molecule has 2 aromatic carbocycles. The number of ether oxygens (including phenoxy) is 5. The SMILES string of the molecule is Cc1cc(C)c(CNC(=O)c2cc(-c3ccc(N4CCN(C(=O)CCCCCc5cn(CCOCCOCCOCCOCCOCCNc6cccc7c6C(=O)N(C6CCC(=O)NC6=O)C7=O)nn5)CC4)nc3)cc3c2cnn3C(C)C)c(=O)[nH]1. The highest BCUT2D eigenvalue weighted by Gasteiger charge is 2.45. The van der Waals surface area contributed by atoms with E-state index >= 15 is 0 Å². The normalized spacial score (nSPS) is 15.3. The van der Waals surface area contributed by atoms with Crippen LogP contribution in [0, 0.1) is 13.8 Å². The molecule has 4 aromatic heterocycles. The molecule has 0 aliphatic carbocycles. The first kappa shape index (κ1) is 62.3. The number of imide groups is 2. The van der Waals surface area contributed by atoms with Gasteiger partial charge in [0.05, 0.1) is 107 Å². The molecule has 458 valence electrons. The number of carbonyl (C=O) groups excluding carboxylic acids is 6. The molecule has 6 aromatic rings. The predicted molar refractivity (Wildman–Crippen MR) is 318 cm³/mol. The number of unbranched alkanes of at least 4 members (excludes halogenated alkanes) is 2. The Morgan fingerprint density at radius 1 is 0.779 bits per heavy atom. The highest BCUT2D eigenvalue weighted by molar-refractivity contribution is 6.25. The quantitative estimate of drug-likeness (QED) is 0.0333. The third-order valence-electron chi connectivity index (χ3n) is 15.3. The molecule has 6 amide bonds. The lowest BCUT2D eigenvalue weighted by Crippen LogP contribution is -2.54. The fraction of sp³-hybridized carbons (Fsp3) is 0.492. The van der Waals surface area contributed by atoms with E-state index in [0.29, 0.717) is 129 Å². The van der Waals surface area contributed by atoms with Gasteiger partial charge in [0.1, 0.15) is 11.9 Å². The van der Waals surface area contributed by atoms with Gasteiger partial charge in [-0.3, -0.25) is 48.5 Å². The topological polar surface area (TPSA) is 289 Å². The first-order chi connectivity index (χ1) is 41.7. The molecular formula is C61H77N13O12. The molecule has 25 heteroatoms. The molecule has 0 spiro atoms. The number of amides is 6. The van der Waals surface area contributed by atoms with Crippen LogP contribution in [0.5, 0.6) is 0 Å². The van der Waals surface area contributed by atoms with E-state index in [0.717, 1.165) is 75.4 Å². The van der Waals surface area contributed by atoms with E-state index in [1.165, 1.54) is 0 Å². The lowest BCUT2D eigenvalue weighted by molar-refractivity contribution is -0.136. The van der Waals surface area contributed by atoms with Crippen LogP contribution in [0.2, 0.25) is 0 Å². The summed E-state index contributed by atoms with van der Waals surface area (Å²) in [7, 11) is 0. The number of aromatic nitrogens is 7. The highest BCUT2D eigenvalue weighted by Crippen LogP contribution is 2.33. The van der Waals surface area contributed by atoms with Gasteiger partial charge in [-0.15, -0.1) is 5.10 Å². The van der Waals surface area contributed by atoms with Gasteiger partial charge in [0.25, 0.3) is 23.3 Å². The lowest BCUT2D eigenvalue weighted by atomic mass is 10.0. The summed E-state index contributed by atoms with van der Waals surface area (Å²) in [5.74, 6) is -1.50. The van der Waals surface area contributed by atoms with Crippen LogP contribution in [-0.2, 0) is 57.6 Å². The second-order valence-corrected chi connectivity index (χ2v) is 21.7. The number of nitrogens with zero attached hydrogens (tertiary/aromatic N) is 9. The standard InChI is InChI=1S/C61H77N13O12/c1-40(2)74-52-35-44(34-47(49(52)38-65-74)57(77)64-37-48-41(3)33-42(4)66-58(48)78)43-13-15-53(63-36-43)70-18-20-71(21-19-70)55(76)12-7-5-6-9-45-39-72(69-68-45)22-24-83-26-28-85-30-32-86-31-29-84-27-25-82-23-17-62-50-11-8-10-46-56(50)61(81)73(60(46)80)51-14-16-54(75)67-59(51)79/h8,10-11,13,15,33-36,38-40,51,62H,5-7,9,12,14,16-32,37H2,1-4H3,(H,64,77)(H,66,78)(H,67,75,79). The van der Waals surface area contributed by atoms with Crippen LogP contribution in [0.25, 0.3) is 22.0 Å². The average molecular weight is 1180 g/mol. The fourth-order valence-electron chi connectivity index (χ4n) is 10.7. The van der Waals surface area contributed by atoms with Crippen molar-refractivity contribution in [3.05, 3.63) is 117 Å². The smallest absolute Gasteiger partial charge is 0.264 e. The van der Waals surface area contributed by atoms with E-state index in [4.69, 9.17) is 28.7 Å². The Morgan fingerprint density at radius 3 is 2.19 bits per heavy atom. The summed E-state index contributed by atoms with van der Waals surface area (Å²) in [6.07, 6.45) is 9.55. The van der Waals surface area contributed by atoms with Crippen molar-refractivity contribution < 1.29 is 52.5 Å². The number of fused-ring (bicyclic) bond motifs is 2. The number of piperazine rings is 1. The zero-order valence-corrected chi connectivity index (χ0v) is 49.4. The van der Waals surface area contributed by atoms with Gasteiger partial charge in [-0.2, -0.15) is 5.10 Å². The van der Waals surface area contributed by atoms with E-state index in [2.05, 4.69) is 41.2 Å². The minimum absolute atomic E-state index is 0.0558. The van der Waals surface area contributed by atoms with Crippen LogP contribution in [0.1, 0.15) is 112 Å². The minimum atomic E-state index is -1.02. The van der Waals surface area contributed by atoms with Crippen molar-refractivity contribution in [3.8, 4) is 11.1 Å². The van der Waals surface area contributed by atoms with Gasteiger partial charge in [0.15, 0.2) is 0 Å². The summed E-state index contributed by atoms with van der Waals surface area (Å²) in [6, 6.07) is 13.7. The van der Waals surface area contributed by atoms with Crippen LogP contribution >= 0.6 is 0 Å². The first-order valence-corrected chi connectivity index (χ1v) is 29.6. The van der Waals surface area contributed by atoms with Crippen LogP contribution in [0.15, 0.2) is 71.9 Å². The van der Waals surface area contributed by atoms with Crippen molar-refractivity contribution in [2.24, 2.45) is 0 Å². The molecule has 3 aliphatic heterocycles. The van der Waals surface area contributed by atoms with Crippen molar-refractivity contribution >= 4 is 57.9 Å². The van der Waals surface area contributed by atoms with Gasteiger partial charge in [-0.25, -0.2) is 9.67 Å². The number of hydrogen-bond acceptors (Lipinski definition) is 18. The molecular weight excluding hydrogens is 1110 g/mol.